The van der Waals surface area contributed by atoms with E-state index in [1.807, 2.05) is 6.08 Å². The van der Waals surface area contributed by atoms with E-state index >= 15 is 0 Å². The second kappa shape index (κ2) is 11.0. The van der Waals surface area contributed by atoms with Crippen molar-refractivity contribution in [1.82, 2.24) is 29.3 Å². The third kappa shape index (κ3) is 5.45. The van der Waals surface area contributed by atoms with Crippen molar-refractivity contribution in [3.8, 4) is 0 Å². The molecule has 5 rings (SSSR count). The molecule has 11 nitrogen and oxygen atoms in total. The number of rotatable bonds is 9. The molecule has 0 aromatic carbocycles. The standard InChI is InChI=1S/C27H30ClN7O4/c1-33(16-27(17-36)8-4-9-27)23(37)15-34-14-21(24(32-34)19-12-18(28)6-3-7-22(19)39-2)31-26(38)20-13-30-35-11-5-10-29-25(20)35/h3,5,7,10-14,36H,4,6,8-9,15-17H2,1-2H3,(H,31,38). The first-order chi connectivity index (χ1) is 18.8. The molecule has 0 unspecified atom stereocenters. The Labute approximate surface area is 230 Å². The molecule has 39 heavy (non-hydrogen) atoms. The van der Waals surface area contributed by atoms with Crippen molar-refractivity contribution < 1.29 is 19.4 Å². The smallest absolute Gasteiger partial charge is 0.261 e. The fourth-order valence-electron chi connectivity index (χ4n) is 4.88. The predicted octanol–water partition coefficient (Wildman–Crippen LogP) is 3.24. The van der Waals surface area contributed by atoms with Gasteiger partial charge in [-0.05, 0) is 31.1 Å². The lowest BCUT2D eigenvalue weighted by Gasteiger charge is -2.42. The van der Waals surface area contributed by atoms with Crippen molar-refractivity contribution in [2.75, 3.05) is 32.6 Å². The lowest BCUT2D eigenvalue weighted by Crippen LogP contribution is -2.46. The highest BCUT2D eigenvalue weighted by atomic mass is 35.5. The van der Waals surface area contributed by atoms with E-state index in [9.17, 15) is 14.7 Å². The molecule has 1 saturated carbocycles. The highest BCUT2D eigenvalue weighted by Crippen LogP contribution is 2.41. The third-order valence-electron chi connectivity index (χ3n) is 7.20. The van der Waals surface area contributed by atoms with E-state index in [1.165, 1.54) is 15.4 Å². The SMILES string of the molecule is COC1=C(c2nn(CC(=O)N(C)CC3(CO)CCC3)cc2NC(=O)c2cnn3cccnc23)C=C(Cl)CC=C1. The molecule has 0 bridgehead atoms. The summed E-state index contributed by atoms with van der Waals surface area (Å²) in [6, 6.07) is 1.72. The summed E-state index contributed by atoms with van der Waals surface area (Å²) in [5.74, 6) is -0.0762. The molecular weight excluding hydrogens is 522 g/mol. The number of fused-ring (bicyclic) bond motifs is 1. The molecular formula is C27H30ClN7O4. The van der Waals surface area contributed by atoms with Gasteiger partial charge >= 0.3 is 0 Å². The number of aromatic nitrogens is 5. The van der Waals surface area contributed by atoms with E-state index in [2.05, 4.69) is 20.5 Å². The molecule has 3 aromatic heterocycles. The minimum Gasteiger partial charge on any atom is -0.496 e. The van der Waals surface area contributed by atoms with Gasteiger partial charge in [-0.2, -0.15) is 10.2 Å². The summed E-state index contributed by atoms with van der Waals surface area (Å²) >= 11 is 6.42. The monoisotopic (exact) mass is 551 g/mol. The largest absolute Gasteiger partial charge is 0.496 e. The van der Waals surface area contributed by atoms with Crippen LogP contribution in [0.15, 0.2) is 59.9 Å². The molecule has 0 radical (unpaired) electrons. The molecule has 204 valence electrons. The van der Waals surface area contributed by atoms with E-state index in [1.54, 1.807) is 55.9 Å². The van der Waals surface area contributed by atoms with Crippen LogP contribution in [0.1, 0.15) is 41.7 Å². The summed E-state index contributed by atoms with van der Waals surface area (Å²) in [5.41, 5.74) is 1.81. The topological polar surface area (TPSA) is 127 Å². The summed E-state index contributed by atoms with van der Waals surface area (Å²) in [4.78, 5) is 32.3. The number of carbonyl (C=O) groups is 2. The van der Waals surface area contributed by atoms with Gasteiger partial charge in [-0.1, -0.05) is 24.1 Å². The highest BCUT2D eigenvalue weighted by Gasteiger charge is 2.38. The van der Waals surface area contributed by atoms with Gasteiger partial charge in [-0.15, -0.1) is 0 Å². The van der Waals surface area contributed by atoms with Gasteiger partial charge in [0.1, 0.15) is 23.6 Å². The van der Waals surface area contributed by atoms with Gasteiger partial charge in [0.2, 0.25) is 5.91 Å². The summed E-state index contributed by atoms with van der Waals surface area (Å²) in [5, 5.41) is 22.2. The molecule has 12 heteroatoms. The molecule has 2 N–H and O–H groups in total. The minimum atomic E-state index is -0.429. The number of aliphatic hydroxyl groups excluding tert-OH is 1. The normalized spacial score (nSPS) is 16.5. The Morgan fingerprint density at radius 3 is 2.87 bits per heavy atom. The van der Waals surface area contributed by atoms with Gasteiger partial charge in [0, 0.05) is 54.6 Å². The number of methoxy groups -OCH3 is 1. The number of ether oxygens (including phenoxy) is 1. The van der Waals surface area contributed by atoms with E-state index in [4.69, 9.17) is 16.3 Å². The maximum absolute atomic E-state index is 13.3. The number of nitrogens with one attached hydrogen (secondary N) is 1. The number of amides is 2. The average molecular weight is 552 g/mol. The molecule has 0 aliphatic heterocycles. The van der Waals surface area contributed by atoms with E-state index < -0.39 is 5.91 Å². The van der Waals surface area contributed by atoms with E-state index in [0.29, 0.717) is 46.4 Å². The number of hydrogen-bond donors (Lipinski definition) is 2. The molecule has 2 aliphatic carbocycles. The predicted molar refractivity (Wildman–Crippen MR) is 146 cm³/mol. The van der Waals surface area contributed by atoms with Gasteiger partial charge < -0.3 is 20.1 Å². The Balaban J connectivity index is 1.47. The minimum absolute atomic E-state index is 0.0535. The number of nitrogens with zero attached hydrogens (tertiary/aromatic N) is 6. The molecule has 3 aromatic rings. The van der Waals surface area contributed by atoms with E-state index in [0.717, 1.165) is 19.3 Å². The first-order valence-corrected chi connectivity index (χ1v) is 13.0. The molecule has 2 aliphatic rings. The zero-order valence-corrected chi connectivity index (χ0v) is 22.6. The zero-order valence-electron chi connectivity index (χ0n) is 21.8. The van der Waals surface area contributed by atoms with Gasteiger partial charge in [0.25, 0.3) is 5.91 Å². The summed E-state index contributed by atoms with van der Waals surface area (Å²) in [6.45, 7) is 0.478. The number of allylic oxidation sites excluding steroid dienone is 5. The number of hydrogen-bond acceptors (Lipinski definition) is 7. The molecule has 2 amide bonds. The average Bonchev–Trinajstić information content (AvgIpc) is 3.46. The Hall–Kier alpha value is -3.96. The van der Waals surface area contributed by atoms with Crippen molar-refractivity contribution in [3.05, 3.63) is 71.1 Å². The maximum Gasteiger partial charge on any atom is 0.261 e. The van der Waals surface area contributed by atoms with Crippen molar-refractivity contribution in [2.45, 2.75) is 32.2 Å². The third-order valence-corrected chi connectivity index (χ3v) is 7.47. The van der Waals surface area contributed by atoms with Crippen LogP contribution in [0.3, 0.4) is 0 Å². The highest BCUT2D eigenvalue weighted by molar-refractivity contribution is 6.30. The van der Waals surface area contributed by atoms with E-state index in [-0.39, 0.29) is 30.0 Å². The summed E-state index contributed by atoms with van der Waals surface area (Å²) in [6.07, 6.45) is 15.1. The first kappa shape index (κ1) is 26.6. The summed E-state index contributed by atoms with van der Waals surface area (Å²) in [7, 11) is 3.27. The van der Waals surface area contributed by atoms with Crippen LogP contribution in [0.5, 0.6) is 0 Å². The van der Waals surface area contributed by atoms with Crippen molar-refractivity contribution >= 4 is 40.3 Å². The van der Waals surface area contributed by atoms with Crippen LogP contribution in [0.4, 0.5) is 5.69 Å². The van der Waals surface area contributed by atoms with Crippen molar-refractivity contribution in [3.63, 3.8) is 0 Å². The molecule has 1 fully saturated rings. The molecule has 0 atom stereocenters. The summed E-state index contributed by atoms with van der Waals surface area (Å²) < 4.78 is 8.60. The Bertz CT molecular complexity index is 1490. The second-order valence-electron chi connectivity index (χ2n) is 9.93. The lowest BCUT2D eigenvalue weighted by atomic mass is 9.69. The van der Waals surface area contributed by atoms with Crippen LogP contribution < -0.4 is 5.32 Å². The fourth-order valence-corrected chi connectivity index (χ4v) is 5.08. The van der Waals surface area contributed by atoms with Crippen LogP contribution in [-0.4, -0.2) is 73.5 Å². The number of likely N-dealkylation sites (N-methyl/N-ethyl adjacent to an activating group) is 1. The molecule has 0 saturated heterocycles. The molecule has 0 spiro atoms. The second-order valence-corrected chi connectivity index (χ2v) is 10.4. The van der Waals surface area contributed by atoms with Crippen molar-refractivity contribution in [2.24, 2.45) is 5.41 Å². The number of aliphatic hydroxyl groups is 1. The quantitative estimate of drug-likeness (QED) is 0.418. The first-order valence-electron chi connectivity index (χ1n) is 12.7. The van der Waals surface area contributed by atoms with Gasteiger partial charge in [-0.25, -0.2) is 9.50 Å². The fraction of sp³-hybridized carbons (Fsp3) is 0.370. The number of halogens is 1. The van der Waals surface area contributed by atoms with Crippen LogP contribution in [0, 0.1) is 5.41 Å². The van der Waals surface area contributed by atoms with Crippen LogP contribution in [-0.2, 0) is 16.1 Å². The van der Waals surface area contributed by atoms with Gasteiger partial charge in [0.15, 0.2) is 5.65 Å². The Kier molecular flexibility index (Phi) is 7.53. The van der Waals surface area contributed by atoms with Gasteiger partial charge in [-0.3, -0.25) is 14.3 Å². The van der Waals surface area contributed by atoms with Crippen LogP contribution in [0.25, 0.3) is 11.2 Å². The lowest BCUT2D eigenvalue weighted by molar-refractivity contribution is -0.133. The maximum atomic E-state index is 13.3. The van der Waals surface area contributed by atoms with Crippen LogP contribution >= 0.6 is 11.6 Å². The number of carbonyl (C=O) groups excluding carboxylic acids is 2. The number of anilines is 1. The van der Waals surface area contributed by atoms with Gasteiger partial charge in [0.05, 0.1) is 25.6 Å². The molecule has 3 heterocycles. The zero-order chi connectivity index (χ0) is 27.6. The Morgan fingerprint density at radius 2 is 2.15 bits per heavy atom. The Morgan fingerprint density at radius 1 is 1.33 bits per heavy atom. The van der Waals surface area contributed by atoms with Crippen LogP contribution in [0.2, 0.25) is 0 Å². The van der Waals surface area contributed by atoms with Crippen molar-refractivity contribution in [1.29, 1.82) is 0 Å².